The SMILES string of the molecule is Cc1cc(NCc2cccnc2)n2nc(C(F)(F)F)c(-c3ccc(Cl)cc3)c2n1. The highest BCUT2D eigenvalue weighted by molar-refractivity contribution is 6.30. The van der Waals surface area contributed by atoms with Crippen LogP contribution in [-0.2, 0) is 12.7 Å². The van der Waals surface area contributed by atoms with Crippen molar-refractivity contribution in [3.8, 4) is 11.1 Å². The molecule has 0 spiro atoms. The van der Waals surface area contributed by atoms with E-state index in [0.29, 0.717) is 28.6 Å². The molecular weight excluding hydrogens is 403 g/mol. The predicted octanol–water partition coefficient (Wildman–Crippen LogP) is 5.38. The molecule has 5 nitrogen and oxygen atoms in total. The van der Waals surface area contributed by atoms with E-state index in [1.807, 2.05) is 6.07 Å². The largest absolute Gasteiger partial charge is 0.435 e. The van der Waals surface area contributed by atoms with Gasteiger partial charge in [0.25, 0.3) is 0 Å². The number of hydrogen-bond acceptors (Lipinski definition) is 4. The first-order chi connectivity index (χ1) is 13.8. The van der Waals surface area contributed by atoms with Crippen LogP contribution in [0.1, 0.15) is 17.0 Å². The fourth-order valence-corrected chi connectivity index (χ4v) is 3.17. The first-order valence-corrected chi connectivity index (χ1v) is 9.07. The van der Waals surface area contributed by atoms with Crippen molar-refractivity contribution in [1.82, 2.24) is 19.6 Å². The van der Waals surface area contributed by atoms with Gasteiger partial charge in [0.05, 0.1) is 5.56 Å². The van der Waals surface area contributed by atoms with E-state index in [0.717, 1.165) is 5.56 Å². The summed E-state index contributed by atoms with van der Waals surface area (Å²) in [6.07, 6.45) is -1.31. The number of anilines is 1. The van der Waals surface area contributed by atoms with Gasteiger partial charge in [0.1, 0.15) is 5.82 Å². The van der Waals surface area contributed by atoms with E-state index in [1.54, 1.807) is 31.5 Å². The van der Waals surface area contributed by atoms with Crippen molar-refractivity contribution in [2.75, 3.05) is 5.32 Å². The molecule has 0 bridgehead atoms. The van der Waals surface area contributed by atoms with Crippen molar-refractivity contribution in [1.29, 1.82) is 0 Å². The Bertz CT molecular complexity index is 1150. The Hall–Kier alpha value is -3.13. The van der Waals surface area contributed by atoms with Crippen LogP contribution in [0.2, 0.25) is 5.02 Å². The minimum Gasteiger partial charge on any atom is -0.366 e. The van der Waals surface area contributed by atoms with Gasteiger partial charge in [0.2, 0.25) is 0 Å². The van der Waals surface area contributed by atoms with Crippen LogP contribution in [-0.4, -0.2) is 19.6 Å². The van der Waals surface area contributed by atoms with E-state index in [1.165, 1.54) is 28.8 Å². The number of aromatic nitrogens is 4. The van der Waals surface area contributed by atoms with Gasteiger partial charge in [-0.3, -0.25) is 4.98 Å². The Labute approximate surface area is 169 Å². The van der Waals surface area contributed by atoms with Crippen LogP contribution in [0.3, 0.4) is 0 Å². The highest BCUT2D eigenvalue weighted by atomic mass is 35.5. The van der Waals surface area contributed by atoms with Crippen LogP contribution in [0, 0.1) is 6.92 Å². The Morgan fingerprint density at radius 3 is 2.55 bits per heavy atom. The molecule has 0 saturated carbocycles. The number of rotatable bonds is 4. The second kappa shape index (κ2) is 7.36. The van der Waals surface area contributed by atoms with Gasteiger partial charge in [-0.1, -0.05) is 29.8 Å². The average molecular weight is 418 g/mol. The zero-order valence-electron chi connectivity index (χ0n) is 15.2. The highest BCUT2D eigenvalue weighted by Crippen LogP contribution is 2.39. The molecule has 9 heteroatoms. The molecule has 0 aliphatic heterocycles. The maximum absolute atomic E-state index is 13.8. The number of fused-ring (bicyclic) bond motifs is 1. The molecule has 4 aromatic rings. The molecule has 1 aromatic carbocycles. The lowest BCUT2D eigenvalue weighted by Gasteiger charge is -2.09. The number of halogens is 4. The summed E-state index contributed by atoms with van der Waals surface area (Å²) in [5.41, 5.74) is 0.831. The van der Waals surface area contributed by atoms with Gasteiger partial charge in [-0.25, -0.2) is 4.98 Å². The minimum atomic E-state index is -4.64. The van der Waals surface area contributed by atoms with Crippen LogP contribution in [0.5, 0.6) is 0 Å². The van der Waals surface area contributed by atoms with E-state index < -0.39 is 11.9 Å². The molecule has 148 valence electrons. The molecule has 0 amide bonds. The van der Waals surface area contributed by atoms with Gasteiger partial charge >= 0.3 is 6.18 Å². The van der Waals surface area contributed by atoms with Crippen molar-refractivity contribution in [2.45, 2.75) is 19.6 Å². The normalized spacial score (nSPS) is 11.8. The number of nitrogens with zero attached hydrogens (tertiary/aromatic N) is 4. The molecule has 0 unspecified atom stereocenters. The maximum atomic E-state index is 13.8. The maximum Gasteiger partial charge on any atom is 0.435 e. The molecule has 0 aliphatic rings. The van der Waals surface area contributed by atoms with Crippen molar-refractivity contribution >= 4 is 23.1 Å². The van der Waals surface area contributed by atoms with Crippen molar-refractivity contribution < 1.29 is 13.2 Å². The molecule has 0 atom stereocenters. The van der Waals surface area contributed by atoms with E-state index >= 15 is 0 Å². The Morgan fingerprint density at radius 2 is 1.90 bits per heavy atom. The lowest BCUT2D eigenvalue weighted by Crippen LogP contribution is -2.09. The summed E-state index contributed by atoms with van der Waals surface area (Å²) in [6.45, 7) is 2.10. The van der Waals surface area contributed by atoms with Gasteiger partial charge in [-0.15, -0.1) is 0 Å². The third kappa shape index (κ3) is 3.88. The number of benzene rings is 1. The lowest BCUT2D eigenvalue weighted by molar-refractivity contribution is -0.140. The summed E-state index contributed by atoms with van der Waals surface area (Å²) in [5, 5.41) is 7.42. The second-order valence-corrected chi connectivity index (χ2v) is 6.90. The van der Waals surface area contributed by atoms with E-state index in [-0.39, 0.29) is 11.2 Å². The Balaban J connectivity index is 1.88. The number of hydrogen-bond donors (Lipinski definition) is 1. The van der Waals surface area contributed by atoms with Gasteiger partial charge in [0, 0.05) is 35.7 Å². The smallest absolute Gasteiger partial charge is 0.366 e. The Morgan fingerprint density at radius 1 is 1.14 bits per heavy atom. The minimum absolute atomic E-state index is 0.0812. The number of aryl methyl sites for hydroxylation is 1. The van der Waals surface area contributed by atoms with Crippen LogP contribution >= 0.6 is 11.6 Å². The molecule has 0 saturated heterocycles. The predicted molar refractivity (Wildman–Crippen MR) is 105 cm³/mol. The third-order valence-corrected chi connectivity index (χ3v) is 4.57. The number of alkyl halides is 3. The van der Waals surface area contributed by atoms with E-state index in [9.17, 15) is 13.2 Å². The van der Waals surface area contributed by atoms with Gasteiger partial charge in [-0.2, -0.15) is 22.8 Å². The van der Waals surface area contributed by atoms with Crippen molar-refractivity contribution in [3.05, 3.63) is 76.8 Å². The third-order valence-electron chi connectivity index (χ3n) is 4.31. The lowest BCUT2D eigenvalue weighted by atomic mass is 10.1. The zero-order valence-corrected chi connectivity index (χ0v) is 16.0. The summed E-state index contributed by atoms with van der Waals surface area (Å²) >= 11 is 5.90. The molecule has 3 heterocycles. The van der Waals surface area contributed by atoms with Gasteiger partial charge in [0.15, 0.2) is 11.3 Å². The number of pyridine rings is 1. The topological polar surface area (TPSA) is 55.1 Å². The summed E-state index contributed by atoms with van der Waals surface area (Å²) < 4.78 is 42.5. The van der Waals surface area contributed by atoms with Crippen molar-refractivity contribution in [3.63, 3.8) is 0 Å². The van der Waals surface area contributed by atoms with E-state index in [4.69, 9.17) is 11.6 Å². The quantitative estimate of drug-likeness (QED) is 0.484. The van der Waals surface area contributed by atoms with Gasteiger partial charge in [-0.05, 0) is 36.2 Å². The summed E-state index contributed by atoms with van der Waals surface area (Å²) in [5.74, 6) is 0.405. The molecule has 29 heavy (non-hydrogen) atoms. The summed E-state index contributed by atoms with van der Waals surface area (Å²) in [7, 11) is 0. The highest BCUT2D eigenvalue weighted by Gasteiger charge is 2.39. The second-order valence-electron chi connectivity index (χ2n) is 6.46. The van der Waals surface area contributed by atoms with Crippen LogP contribution in [0.15, 0.2) is 54.9 Å². The monoisotopic (exact) mass is 417 g/mol. The zero-order chi connectivity index (χ0) is 20.6. The van der Waals surface area contributed by atoms with Gasteiger partial charge < -0.3 is 5.32 Å². The molecule has 1 N–H and O–H groups in total. The number of nitrogens with one attached hydrogen (secondary N) is 1. The van der Waals surface area contributed by atoms with Crippen LogP contribution in [0.25, 0.3) is 16.8 Å². The molecule has 0 radical (unpaired) electrons. The molecular formula is C20H15ClF3N5. The first kappa shape index (κ1) is 19.2. The van der Waals surface area contributed by atoms with Crippen LogP contribution < -0.4 is 5.32 Å². The summed E-state index contributed by atoms with van der Waals surface area (Å²) in [6, 6.07) is 11.5. The standard InChI is InChI=1S/C20H15ClF3N5/c1-12-9-16(26-11-13-3-2-8-25-10-13)29-19(27-12)17(18(28-29)20(22,23)24)14-4-6-15(21)7-5-14/h2-10,26H,11H2,1H3. The molecule has 3 aromatic heterocycles. The van der Waals surface area contributed by atoms with Crippen LogP contribution in [0.4, 0.5) is 19.0 Å². The fourth-order valence-electron chi connectivity index (χ4n) is 3.04. The fraction of sp³-hybridized carbons (Fsp3) is 0.150. The average Bonchev–Trinajstić information content (AvgIpc) is 3.07. The van der Waals surface area contributed by atoms with E-state index in [2.05, 4.69) is 20.4 Å². The molecule has 4 rings (SSSR count). The molecule has 0 aliphatic carbocycles. The summed E-state index contributed by atoms with van der Waals surface area (Å²) in [4.78, 5) is 8.38. The first-order valence-electron chi connectivity index (χ1n) is 8.69. The molecule has 0 fully saturated rings. The Kier molecular flexibility index (Phi) is 4.87. The van der Waals surface area contributed by atoms with Crippen molar-refractivity contribution in [2.24, 2.45) is 0 Å².